The first-order chi connectivity index (χ1) is 7.65. The highest BCUT2D eigenvalue weighted by atomic mass is 79.9. The Kier molecular flexibility index (Phi) is 3.82. The molecule has 0 aliphatic carbocycles. The van der Waals surface area contributed by atoms with Gasteiger partial charge in [0.1, 0.15) is 10.4 Å². The average molecular weight is 284 g/mol. The zero-order valence-electron chi connectivity index (χ0n) is 9.86. The molecule has 88 valence electrons. The molecule has 2 rings (SSSR count). The highest BCUT2D eigenvalue weighted by Crippen LogP contribution is 2.19. The van der Waals surface area contributed by atoms with Crippen LogP contribution in [-0.4, -0.2) is 43.6 Å². The van der Waals surface area contributed by atoms with E-state index in [-0.39, 0.29) is 0 Å². The Morgan fingerprint density at radius 1 is 1.56 bits per heavy atom. The summed E-state index contributed by atoms with van der Waals surface area (Å²) in [6, 6.07) is 6.05. The minimum Gasteiger partial charge on any atom is -0.359 e. The topological polar surface area (TPSA) is 19.4 Å². The predicted molar refractivity (Wildman–Crippen MR) is 70.8 cm³/mol. The lowest BCUT2D eigenvalue weighted by Crippen LogP contribution is -2.27. The molecule has 2 heterocycles. The van der Waals surface area contributed by atoms with Gasteiger partial charge in [-0.3, -0.25) is 0 Å². The highest BCUT2D eigenvalue weighted by molar-refractivity contribution is 9.10. The van der Waals surface area contributed by atoms with Gasteiger partial charge < -0.3 is 9.80 Å². The Balaban J connectivity index is 1.95. The van der Waals surface area contributed by atoms with Crippen LogP contribution < -0.4 is 4.90 Å². The molecule has 3 nitrogen and oxygen atoms in total. The fraction of sp³-hybridized carbons (Fsp3) is 0.583. The van der Waals surface area contributed by atoms with Crippen molar-refractivity contribution in [2.24, 2.45) is 5.92 Å². The van der Waals surface area contributed by atoms with Crippen molar-refractivity contribution in [3.63, 3.8) is 0 Å². The zero-order chi connectivity index (χ0) is 11.5. The molecule has 1 aliphatic rings. The first-order valence-corrected chi connectivity index (χ1v) is 6.46. The summed E-state index contributed by atoms with van der Waals surface area (Å²) < 4.78 is 0.903. The van der Waals surface area contributed by atoms with Gasteiger partial charge in [-0.15, -0.1) is 0 Å². The largest absolute Gasteiger partial charge is 0.359 e. The number of pyridine rings is 1. The Hall–Kier alpha value is -0.610. The number of nitrogens with zero attached hydrogens (tertiary/aromatic N) is 3. The fourth-order valence-corrected chi connectivity index (χ4v) is 2.60. The molecule has 1 fully saturated rings. The van der Waals surface area contributed by atoms with Crippen molar-refractivity contribution in [3.8, 4) is 0 Å². The molecule has 0 amide bonds. The lowest BCUT2D eigenvalue weighted by Gasteiger charge is -2.22. The van der Waals surface area contributed by atoms with Crippen LogP contribution in [0.4, 0.5) is 5.82 Å². The van der Waals surface area contributed by atoms with Gasteiger partial charge in [-0.1, -0.05) is 6.07 Å². The molecule has 1 saturated heterocycles. The van der Waals surface area contributed by atoms with Gasteiger partial charge in [-0.2, -0.15) is 0 Å². The maximum atomic E-state index is 4.46. The third kappa shape index (κ3) is 2.95. The van der Waals surface area contributed by atoms with Crippen LogP contribution in [0.25, 0.3) is 0 Å². The van der Waals surface area contributed by atoms with E-state index in [2.05, 4.69) is 50.9 Å². The second-order valence-corrected chi connectivity index (χ2v) is 5.43. The van der Waals surface area contributed by atoms with E-state index >= 15 is 0 Å². The number of hydrogen-bond donors (Lipinski definition) is 0. The summed E-state index contributed by atoms with van der Waals surface area (Å²) in [5.74, 6) is 1.82. The van der Waals surface area contributed by atoms with E-state index in [0.717, 1.165) is 22.9 Å². The van der Waals surface area contributed by atoms with Crippen LogP contribution in [-0.2, 0) is 0 Å². The summed E-state index contributed by atoms with van der Waals surface area (Å²) in [6.07, 6.45) is 1.30. The van der Waals surface area contributed by atoms with Crippen LogP contribution in [0.3, 0.4) is 0 Å². The Bertz CT molecular complexity index is 356. The molecule has 0 aromatic carbocycles. The van der Waals surface area contributed by atoms with Gasteiger partial charge in [0.25, 0.3) is 0 Å². The molecule has 0 N–H and O–H groups in total. The maximum Gasteiger partial charge on any atom is 0.129 e. The molecule has 0 saturated carbocycles. The van der Waals surface area contributed by atoms with Gasteiger partial charge in [-0.25, -0.2) is 4.98 Å². The van der Waals surface area contributed by atoms with Crippen LogP contribution in [0.1, 0.15) is 6.42 Å². The fourth-order valence-electron chi connectivity index (χ4n) is 2.27. The highest BCUT2D eigenvalue weighted by Gasteiger charge is 2.21. The summed E-state index contributed by atoms with van der Waals surface area (Å²) in [7, 11) is 4.31. The number of rotatable bonds is 3. The summed E-state index contributed by atoms with van der Waals surface area (Å²) in [6.45, 7) is 3.52. The van der Waals surface area contributed by atoms with Gasteiger partial charge in [-0.05, 0) is 54.0 Å². The maximum absolute atomic E-state index is 4.46. The van der Waals surface area contributed by atoms with Gasteiger partial charge in [0, 0.05) is 20.1 Å². The summed E-state index contributed by atoms with van der Waals surface area (Å²) in [5.41, 5.74) is 0. The standard InChI is InChI=1S/C12H18BrN3/c1-15-7-6-10(8-15)9-16(2)12-5-3-4-11(13)14-12/h3-5,10H,6-9H2,1-2H3. The van der Waals surface area contributed by atoms with E-state index in [9.17, 15) is 0 Å². The minimum atomic E-state index is 0.774. The minimum absolute atomic E-state index is 0.774. The van der Waals surface area contributed by atoms with E-state index in [1.54, 1.807) is 0 Å². The summed E-state index contributed by atoms with van der Waals surface area (Å²) in [4.78, 5) is 9.10. The lowest BCUT2D eigenvalue weighted by atomic mass is 10.1. The smallest absolute Gasteiger partial charge is 0.129 e. The molecule has 0 spiro atoms. The molecule has 1 unspecified atom stereocenters. The zero-order valence-corrected chi connectivity index (χ0v) is 11.4. The molecule has 1 aromatic rings. The monoisotopic (exact) mass is 283 g/mol. The molecule has 4 heteroatoms. The molecular formula is C12H18BrN3. The van der Waals surface area contributed by atoms with Crippen molar-refractivity contribution in [1.29, 1.82) is 0 Å². The van der Waals surface area contributed by atoms with Crippen LogP contribution >= 0.6 is 15.9 Å². The van der Waals surface area contributed by atoms with Crippen molar-refractivity contribution >= 4 is 21.7 Å². The Labute approximate surface area is 106 Å². The van der Waals surface area contributed by atoms with E-state index in [1.165, 1.54) is 19.5 Å². The normalized spacial score (nSPS) is 21.3. The number of halogens is 1. The number of likely N-dealkylation sites (tertiary alicyclic amines) is 1. The van der Waals surface area contributed by atoms with E-state index in [4.69, 9.17) is 0 Å². The number of hydrogen-bond acceptors (Lipinski definition) is 3. The average Bonchev–Trinajstić information content (AvgIpc) is 2.64. The molecule has 16 heavy (non-hydrogen) atoms. The Morgan fingerprint density at radius 2 is 2.38 bits per heavy atom. The van der Waals surface area contributed by atoms with Crippen LogP contribution in [0.5, 0.6) is 0 Å². The number of anilines is 1. The molecule has 0 radical (unpaired) electrons. The van der Waals surface area contributed by atoms with Crippen molar-refractivity contribution in [3.05, 3.63) is 22.8 Å². The molecule has 0 bridgehead atoms. The Morgan fingerprint density at radius 3 is 3.00 bits per heavy atom. The van der Waals surface area contributed by atoms with E-state index in [0.29, 0.717) is 0 Å². The quantitative estimate of drug-likeness (QED) is 0.793. The van der Waals surface area contributed by atoms with Gasteiger partial charge in [0.2, 0.25) is 0 Å². The summed E-state index contributed by atoms with van der Waals surface area (Å²) >= 11 is 3.41. The van der Waals surface area contributed by atoms with Gasteiger partial charge >= 0.3 is 0 Å². The predicted octanol–water partition coefficient (Wildman–Crippen LogP) is 2.23. The molecular weight excluding hydrogens is 266 g/mol. The number of aromatic nitrogens is 1. The van der Waals surface area contributed by atoms with Crippen LogP contribution in [0.2, 0.25) is 0 Å². The lowest BCUT2D eigenvalue weighted by molar-refractivity contribution is 0.395. The van der Waals surface area contributed by atoms with Crippen molar-refractivity contribution in [2.75, 3.05) is 38.6 Å². The molecule has 1 atom stereocenters. The van der Waals surface area contributed by atoms with Crippen LogP contribution in [0, 0.1) is 5.92 Å². The SMILES string of the molecule is CN1CCC(CN(C)c2cccc(Br)n2)C1. The second-order valence-electron chi connectivity index (χ2n) is 4.62. The van der Waals surface area contributed by atoms with E-state index in [1.807, 2.05) is 12.1 Å². The van der Waals surface area contributed by atoms with Gasteiger partial charge in [0.15, 0.2) is 0 Å². The van der Waals surface area contributed by atoms with Crippen LogP contribution in [0.15, 0.2) is 22.8 Å². The molecule has 1 aromatic heterocycles. The second kappa shape index (κ2) is 5.15. The first kappa shape index (κ1) is 11.9. The third-order valence-corrected chi connectivity index (χ3v) is 3.55. The first-order valence-electron chi connectivity index (χ1n) is 5.67. The van der Waals surface area contributed by atoms with Crippen molar-refractivity contribution in [1.82, 2.24) is 9.88 Å². The van der Waals surface area contributed by atoms with Crippen molar-refractivity contribution < 1.29 is 0 Å². The van der Waals surface area contributed by atoms with Crippen molar-refractivity contribution in [2.45, 2.75) is 6.42 Å². The third-order valence-electron chi connectivity index (χ3n) is 3.11. The summed E-state index contributed by atoms with van der Waals surface area (Å²) in [5, 5.41) is 0. The van der Waals surface area contributed by atoms with Gasteiger partial charge in [0.05, 0.1) is 0 Å². The molecule has 1 aliphatic heterocycles. The van der Waals surface area contributed by atoms with E-state index < -0.39 is 0 Å².